The normalized spacial score (nSPS) is 22.7. The Balaban J connectivity index is 1.73. The largest absolute Gasteiger partial charge is 0.497 e. The number of aromatic nitrogens is 4. The zero-order valence-electron chi connectivity index (χ0n) is 14.8. The van der Waals surface area contributed by atoms with Gasteiger partial charge < -0.3 is 19.5 Å². The van der Waals surface area contributed by atoms with Crippen molar-refractivity contribution in [2.24, 2.45) is 0 Å². The van der Waals surface area contributed by atoms with Gasteiger partial charge in [-0.2, -0.15) is 4.68 Å². The standard InChI is InChI=1S/C17H19N5O4S/c1-25-12-5-3-10(4-6-12)17(26-2)22-16(18-19-20-22)15-11(8-23)9-27-14-7-13(24)21(14)15/h3-6,9,14-15,17,23H,7-8H2,1-2H3/t14-,15?,17?/m1/s1. The average Bonchev–Trinajstić information content (AvgIpc) is 3.16. The third-order valence-corrected chi connectivity index (χ3v) is 5.89. The van der Waals surface area contributed by atoms with Crippen molar-refractivity contribution in [3.8, 4) is 5.75 Å². The summed E-state index contributed by atoms with van der Waals surface area (Å²) >= 11 is 1.53. The smallest absolute Gasteiger partial charge is 0.227 e. The van der Waals surface area contributed by atoms with Gasteiger partial charge in [-0.05, 0) is 33.5 Å². The first-order valence-electron chi connectivity index (χ1n) is 8.38. The summed E-state index contributed by atoms with van der Waals surface area (Å²) in [4.78, 5) is 13.9. The number of methoxy groups -OCH3 is 2. The van der Waals surface area contributed by atoms with Crippen LogP contribution in [0.1, 0.15) is 30.1 Å². The van der Waals surface area contributed by atoms with E-state index in [0.29, 0.717) is 17.8 Å². The van der Waals surface area contributed by atoms with Crippen LogP contribution in [0.2, 0.25) is 0 Å². The highest BCUT2D eigenvalue weighted by Gasteiger charge is 2.47. The lowest BCUT2D eigenvalue weighted by Gasteiger charge is -2.47. The minimum atomic E-state index is -0.578. The third kappa shape index (κ3) is 2.99. The molecule has 2 aliphatic rings. The lowest BCUT2D eigenvalue weighted by atomic mass is 10.0. The van der Waals surface area contributed by atoms with Crippen LogP contribution in [0.25, 0.3) is 0 Å². The van der Waals surface area contributed by atoms with Gasteiger partial charge in [-0.3, -0.25) is 4.79 Å². The molecule has 9 nitrogen and oxygen atoms in total. The Morgan fingerprint density at radius 2 is 2.11 bits per heavy atom. The van der Waals surface area contributed by atoms with Crippen LogP contribution in [0.15, 0.2) is 35.2 Å². The van der Waals surface area contributed by atoms with Crippen molar-refractivity contribution in [3.63, 3.8) is 0 Å². The summed E-state index contributed by atoms with van der Waals surface area (Å²) in [6.07, 6.45) is -0.102. The summed E-state index contributed by atoms with van der Waals surface area (Å²) in [5.74, 6) is 1.20. The molecule has 10 heteroatoms. The number of tetrazole rings is 1. The van der Waals surface area contributed by atoms with Gasteiger partial charge in [0.1, 0.15) is 11.8 Å². The molecule has 0 radical (unpaired) electrons. The number of hydrogen-bond acceptors (Lipinski definition) is 8. The number of thioether (sulfide) groups is 1. The van der Waals surface area contributed by atoms with Crippen LogP contribution in [-0.2, 0) is 9.53 Å². The minimum absolute atomic E-state index is 0.0181. The van der Waals surface area contributed by atoms with E-state index in [1.807, 2.05) is 29.7 Å². The Labute approximate surface area is 159 Å². The number of aliphatic hydroxyl groups excluding tert-OH is 1. The number of carbonyl (C=O) groups excluding carboxylic acids is 1. The maximum absolute atomic E-state index is 12.2. The fourth-order valence-corrected chi connectivity index (χ4v) is 4.49. The first kappa shape index (κ1) is 18.0. The number of fused-ring (bicyclic) bond motifs is 1. The van der Waals surface area contributed by atoms with Crippen LogP contribution >= 0.6 is 11.8 Å². The topological polar surface area (TPSA) is 103 Å². The first-order chi connectivity index (χ1) is 13.2. The summed E-state index contributed by atoms with van der Waals surface area (Å²) in [6, 6.07) is 6.90. The molecule has 0 spiro atoms. The number of carbonyl (C=O) groups is 1. The van der Waals surface area contributed by atoms with Crippen molar-refractivity contribution in [1.29, 1.82) is 0 Å². The SMILES string of the molecule is COc1ccc(C(OC)n2nnnc2C2C(CO)=CS[C@@H]3CC(=O)N23)cc1. The monoisotopic (exact) mass is 389 g/mol. The number of β-lactam (4-membered cyclic amide) rings is 1. The summed E-state index contributed by atoms with van der Waals surface area (Å²) in [6.45, 7) is -0.179. The Hall–Kier alpha value is -2.43. The molecule has 27 heavy (non-hydrogen) atoms. The molecule has 2 unspecified atom stereocenters. The van der Waals surface area contributed by atoms with Gasteiger partial charge in [-0.25, -0.2) is 0 Å². The van der Waals surface area contributed by atoms with Crippen molar-refractivity contribution in [1.82, 2.24) is 25.1 Å². The zero-order chi connectivity index (χ0) is 19.0. The minimum Gasteiger partial charge on any atom is -0.497 e. The van der Waals surface area contributed by atoms with E-state index < -0.39 is 12.3 Å². The first-order valence-corrected chi connectivity index (χ1v) is 9.33. The molecule has 3 heterocycles. The van der Waals surface area contributed by atoms with E-state index in [2.05, 4.69) is 15.5 Å². The molecule has 1 amide bonds. The predicted octanol–water partition coefficient (Wildman–Crippen LogP) is 1.10. The molecule has 0 saturated carbocycles. The van der Waals surface area contributed by atoms with Crippen LogP contribution in [0.4, 0.5) is 0 Å². The maximum Gasteiger partial charge on any atom is 0.227 e. The molecular formula is C17H19N5O4S. The predicted molar refractivity (Wildman–Crippen MR) is 96.7 cm³/mol. The lowest BCUT2D eigenvalue weighted by molar-refractivity contribution is -0.144. The van der Waals surface area contributed by atoms with Gasteiger partial charge in [-0.15, -0.1) is 16.9 Å². The fraction of sp³-hybridized carbons (Fsp3) is 0.412. The quantitative estimate of drug-likeness (QED) is 0.733. The molecule has 2 aromatic rings. The number of aliphatic hydroxyl groups is 1. The molecule has 142 valence electrons. The fourth-order valence-electron chi connectivity index (χ4n) is 3.34. The molecule has 1 aromatic heterocycles. The summed E-state index contributed by atoms with van der Waals surface area (Å²) in [5, 5.41) is 23.8. The molecule has 1 fully saturated rings. The van der Waals surface area contributed by atoms with E-state index in [9.17, 15) is 9.90 Å². The van der Waals surface area contributed by atoms with Crippen molar-refractivity contribution in [3.05, 3.63) is 46.6 Å². The molecule has 1 N–H and O–H groups in total. The average molecular weight is 389 g/mol. The zero-order valence-corrected chi connectivity index (χ0v) is 15.7. The molecule has 2 aliphatic heterocycles. The second-order valence-corrected chi connectivity index (χ2v) is 7.24. The molecule has 0 aliphatic carbocycles. The highest BCUT2D eigenvalue weighted by atomic mass is 32.2. The van der Waals surface area contributed by atoms with Gasteiger partial charge in [0, 0.05) is 12.7 Å². The van der Waals surface area contributed by atoms with Crippen LogP contribution in [-0.4, -0.2) is 62.3 Å². The number of amides is 1. The van der Waals surface area contributed by atoms with Crippen LogP contribution in [0, 0.1) is 0 Å². The van der Waals surface area contributed by atoms with Gasteiger partial charge in [0.25, 0.3) is 0 Å². The van der Waals surface area contributed by atoms with Crippen molar-refractivity contribution >= 4 is 17.7 Å². The highest BCUT2D eigenvalue weighted by Crippen LogP contribution is 2.46. The van der Waals surface area contributed by atoms with Crippen molar-refractivity contribution in [2.45, 2.75) is 24.1 Å². The van der Waals surface area contributed by atoms with Gasteiger partial charge in [0.05, 0.1) is 25.5 Å². The van der Waals surface area contributed by atoms with Crippen molar-refractivity contribution in [2.75, 3.05) is 20.8 Å². The molecular weight excluding hydrogens is 370 g/mol. The second kappa shape index (κ2) is 7.29. The summed E-state index contributed by atoms with van der Waals surface area (Å²) in [5.41, 5.74) is 1.52. The van der Waals surface area contributed by atoms with Gasteiger partial charge >= 0.3 is 0 Å². The van der Waals surface area contributed by atoms with Gasteiger partial charge in [0.2, 0.25) is 5.91 Å². The molecule has 1 saturated heterocycles. The number of benzene rings is 1. The van der Waals surface area contributed by atoms with E-state index in [-0.39, 0.29) is 17.9 Å². The highest BCUT2D eigenvalue weighted by molar-refractivity contribution is 8.02. The number of hydrogen-bond donors (Lipinski definition) is 1. The maximum atomic E-state index is 12.2. The Morgan fingerprint density at radius 1 is 1.33 bits per heavy atom. The number of nitrogens with zero attached hydrogens (tertiary/aromatic N) is 5. The molecule has 4 rings (SSSR count). The van der Waals surface area contributed by atoms with E-state index in [4.69, 9.17) is 9.47 Å². The lowest BCUT2D eigenvalue weighted by Crippen LogP contribution is -2.55. The van der Waals surface area contributed by atoms with E-state index in [1.165, 1.54) is 11.8 Å². The van der Waals surface area contributed by atoms with E-state index in [1.54, 1.807) is 23.8 Å². The van der Waals surface area contributed by atoms with Crippen LogP contribution < -0.4 is 4.74 Å². The van der Waals surface area contributed by atoms with E-state index >= 15 is 0 Å². The Morgan fingerprint density at radius 3 is 2.74 bits per heavy atom. The molecule has 0 bridgehead atoms. The Kier molecular flexibility index (Phi) is 4.85. The van der Waals surface area contributed by atoms with Gasteiger partial charge in [0.15, 0.2) is 12.1 Å². The summed E-state index contributed by atoms with van der Waals surface area (Å²) in [7, 11) is 3.17. The van der Waals surface area contributed by atoms with Crippen LogP contribution in [0.3, 0.4) is 0 Å². The third-order valence-electron chi connectivity index (χ3n) is 4.75. The number of rotatable bonds is 6. The number of ether oxygens (including phenoxy) is 2. The van der Waals surface area contributed by atoms with Crippen molar-refractivity contribution < 1.29 is 19.4 Å². The molecule has 1 aromatic carbocycles. The van der Waals surface area contributed by atoms with Crippen LogP contribution in [0.5, 0.6) is 5.75 Å². The summed E-state index contributed by atoms with van der Waals surface area (Å²) < 4.78 is 12.4. The molecule has 3 atom stereocenters. The Bertz CT molecular complexity index is 868. The van der Waals surface area contributed by atoms with Gasteiger partial charge in [-0.1, -0.05) is 12.1 Å². The van der Waals surface area contributed by atoms with E-state index in [0.717, 1.165) is 11.3 Å². The second-order valence-electron chi connectivity index (χ2n) is 6.19.